The van der Waals surface area contributed by atoms with Crippen molar-refractivity contribution in [2.75, 3.05) is 7.11 Å². The third-order valence-electron chi connectivity index (χ3n) is 1.61. The maximum absolute atomic E-state index is 11.9. The molecule has 0 heterocycles. The number of ether oxygens (including phenoxy) is 2. The zero-order valence-corrected chi connectivity index (χ0v) is 8.93. The molecule has 0 spiro atoms. The molecule has 0 unspecified atom stereocenters. The minimum Gasteiger partial charge on any atom is -0.465 e. The summed E-state index contributed by atoms with van der Waals surface area (Å²) in [5, 5.41) is 0. The number of halogens is 3. The molecule has 0 radical (unpaired) electrons. The Hall–Kier alpha value is -1.37. The Bertz CT molecular complexity index is 403. The van der Waals surface area contributed by atoms with Gasteiger partial charge in [0, 0.05) is 4.90 Å². The number of thiol groups is 1. The van der Waals surface area contributed by atoms with Gasteiger partial charge in [-0.05, 0) is 18.2 Å². The van der Waals surface area contributed by atoms with Crippen LogP contribution < -0.4 is 4.74 Å². The van der Waals surface area contributed by atoms with E-state index in [4.69, 9.17) is 0 Å². The lowest BCUT2D eigenvalue weighted by molar-refractivity contribution is -0.275. The Kier molecular flexibility index (Phi) is 3.69. The topological polar surface area (TPSA) is 35.5 Å². The Morgan fingerprint density at radius 2 is 2.00 bits per heavy atom. The van der Waals surface area contributed by atoms with E-state index in [2.05, 4.69) is 22.1 Å². The van der Waals surface area contributed by atoms with Gasteiger partial charge in [0.15, 0.2) is 0 Å². The highest BCUT2D eigenvalue weighted by molar-refractivity contribution is 7.80. The normalized spacial score (nSPS) is 11.1. The summed E-state index contributed by atoms with van der Waals surface area (Å²) in [5.41, 5.74) is 0.0991. The molecule has 16 heavy (non-hydrogen) atoms. The van der Waals surface area contributed by atoms with Crippen LogP contribution in [0.25, 0.3) is 0 Å². The van der Waals surface area contributed by atoms with Crippen LogP contribution in [0.4, 0.5) is 13.2 Å². The molecule has 0 N–H and O–H groups in total. The van der Waals surface area contributed by atoms with E-state index >= 15 is 0 Å². The molecule has 0 saturated heterocycles. The summed E-state index contributed by atoms with van der Waals surface area (Å²) in [7, 11) is 1.17. The predicted molar refractivity (Wildman–Crippen MR) is 51.7 cm³/mol. The predicted octanol–water partition coefficient (Wildman–Crippen LogP) is 2.66. The molecular weight excluding hydrogens is 245 g/mol. The smallest absolute Gasteiger partial charge is 0.465 e. The first-order valence-corrected chi connectivity index (χ1v) is 4.45. The van der Waals surface area contributed by atoms with Crippen LogP contribution in [0, 0.1) is 0 Å². The van der Waals surface area contributed by atoms with Gasteiger partial charge in [-0.25, -0.2) is 4.79 Å². The fraction of sp³-hybridized carbons (Fsp3) is 0.222. The van der Waals surface area contributed by atoms with Crippen molar-refractivity contribution < 1.29 is 27.4 Å². The van der Waals surface area contributed by atoms with Crippen molar-refractivity contribution in [3.8, 4) is 5.75 Å². The monoisotopic (exact) mass is 252 g/mol. The van der Waals surface area contributed by atoms with Crippen LogP contribution in [0.5, 0.6) is 5.75 Å². The van der Waals surface area contributed by atoms with Crippen LogP contribution in [0.2, 0.25) is 0 Å². The summed E-state index contributed by atoms with van der Waals surface area (Å²) < 4.78 is 43.8. The molecule has 0 aliphatic rings. The van der Waals surface area contributed by atoms with Crippen molar-refractivity contribution in [2.45, 2.75) is 11.3 Å². The van der Waals surface area contributed by atoms with Crippen molar-refractivity contribution in [3.05, 3.63) is 23.8 Å². The molecule has 0 aliphatic heterocycles. The molecule has 0 atom stereocenters. The zero-order valence-electron chi connectivity index (χ0n) is 8.04. The van der Waals surface area contributed by atoms with Gasteiger partial charge in [-0.2, -0.15) is 0 Å². The molecule has 0 aromatic heterocycles. The summed E-state index contributed by atoms with van der Waals surface area (Å²) in [6, 6.07) is 3.30. The van der Waals surface area contributed by atoms with E-state index in [0.717, 1.165) is 18.2 Å². The van der Waals surface area contributed by atoms with E-state index in [9.17, 15) is 18.0 Å². The number of rotatable bonds is 2. The standard InChI is InChI=1S/C9H7F3O3S/c1-14-8(13)5-2-3-6(7(16)4-5)15-9(10,11)12/h2-4,16H,1H3. The van der Waals surface area contributed by atoms with Crippen LogP contribution in [0.3, 0.4) is 0 Å². The molecular formula is C9H7F3O3S. The summed E-state index contributed by atoms with van der Waals surface area (Å²) in [6.45, 7) is 0. The Morgan fingerprint density at radius 1 is 1.38 bits per heavy atom. The SMILES string of the molecule is COC(=O)c1ccc(OC(F)(F)F)c(S)c1. The first kappa shape index (κ1) is 12.7. The summed E-state index contributed by atoms with van der Waals surface area (Å²) in [6.07, 6.45) is -4.79. The number of carbonyl (C=O) groups excluding carboxylic acids is 1. The molecule has 1 aromatic rings. The second kappa shape index (κ2) is 4.65. The maximum atomic E-state index is 11.9. The van der Waals surface area contributed by atoms with Crippen molar-refractivity contribution >= 4 is 18.6 Å². The van der Waals surface area contributed by atoms with Gasteiger partial charge in [0.1, 0.15) is 5.75 Å². The van der Waals surface area contributed by atoms with Crippen molar-refractivity contribution in [1.29, 1.82) is 0 Å². The van der Waals surface area contributed by atoms with E-state index in [-0.39, 0.29) is 10.5 Å². The number of hydrogen-bond acceptors (Lipinski definition) is 4. The largest absolute Gasteiger partial charge is 0.573 e. The molecule has 0 saturated carbocycles. The van der Waals surface area contributed by atoms with Gasteiger partial charge in [0.2, 0.25) is 0 Å². The molecule has 1 aromatic carbocycles. The minimum atomic E-state index is -4.79. The van der Waals surface area contributed by atoms with E-state index in [1.807, 2.05) is 0 Å². The molecule has 7 heteroatoms. The highest BCUT2D eigenvalue weighted by Gasteiger charge is 2.32. The van der Waals surface area contributed by atoms with E-state index < -0.39 is 18.1 Å². The molecule has 0 bridgehead atoms. The molecule has 88 valence electrons. The zero-order chi connectivity index (χ0) is 12.3. The van der Waals surface area contributed by atoms with E-state index in [1.54, 1.807) is 0 Å². The highest BCUT2D eigenvalue weighted by atomic mass is 32.1. The van der Waals surface area contributed by atoms with Gasteiger partial charge in [-0.1, -0.05) is 0 Å². The lowest BCUT2D eigenvalue weighted by atomic mass is 10.2. The number of benzene rings is 1. The Balaban J connectivity index is 2.96. The third-order valence-corrected chi connectivity index (χ3v) is 1.96. The van der Waals surface area contributed by atoms with Gasteiger partial charge in [-0.15, -0.1) is 25.8 Å². The first-order valence-electron chi connectivity index (χ1n) is 4.00. The number of hydrogen-bond donors (Lipinski definition) is 1. The third kappa shape index (κ3) is 3.34. The van der Waals surface area contributed by atoms with Crippen LogP contribution in [0.15, 0.2) is 23.1 Å². The molecule has 3 nitrogen and oxygen atoms in total. The summed E-state index contributed by atoms with van der Waals surface area (Å²) >= 11 is 3.78. The lowest BCUT2D eigenvalue weighted by Gasteiger charge is -2.11. The van der Waals surface area contributed by atoms with Crippen molar-refractivity contribution in [2.24, 2.45) is 0 Å². The van der Waals surface area contributed by atoms with Gasteiger partial charge >= 0.3 is 12.3 Å². The fourth-order valence-electron chi connectivity index (χ4n) is 0.973. The molecule has 0 aliphatic carbocycles. The van der Waals surface area contributed by atoms with Gasteiger partial charge < -0.3 is 9.47 Å². The van der Waals surface area contributed by atoms with Crippen LogP contribution in [-0.2, 0) is 4.74 Å². The maximum Gasteiger partial charge on any atom is 0.573 e. The quantitative estimate of drug-likeness (QED) is 0.649. The minimum absolute atomic E-state index is 0.0970. The molecule has 0 fully saturated rings. The van der Waals surface area contributed by atoms with Crippen molar-refractivity contribution in [3.63, 3.8) is 0 Å². The number of methoxy groups -OCH3 is 1. The van der Waals surface area contributed by atoms with E-state index in [1.165, 1.54) is 7.11 Å². The average Bonchev–Trinajstić information content (AvgIpc) is 2.18. The van der Waals surface area contributed by atoms with Crippen LogP contribution in [-0.4, -0.2) is 19.4 Å². The van der Waals surface area contributed by atoms with Crippen molar-refractivity contribution in [1.82, 2.24) is 0 Å². The highest BCUT2D eigenvalue weighted by Crippen LogP contribution is 2.29. The second-order valence-corrected chi connectivity index (χ2v) is 3.20. The average molecular weight is 252 g/mol. The Labute approximate surface area is 94.6 Å². The lowest BCUT2D eigenvalue weighted by Crippen LogP contribution is -2.17. The number of alkyl halides is 3. The molecule has 0 amide bonds. The van der Waals surface area contributed by atoms with E-state index in [0.29, 0.717) is 0 Å². The summed E-state index contributed by atoms with van der Waals surface area (Å²) in [5.74, 6) is -1.13. The van der Waals surface area contributed by atoms with Gasteiger partial charge in [0.05, 0.1) is 12.7 Å². The summed E-state index contributed by atoms with van der Waals surface area (Å²) in [4.78, 5) is 10.9. The van der Waals surface area contributed by atoms with Gasteiger partial charge in [-0.3, -0.25) is 0 Å². The Morgan fingerprint density at radius 3 is 2.44 bits per heavy atom. The first-order chi connectivity index (χ1) is 7.33. The fourth-order valence-corrected chi connectivity index (χ4v) is 1.23. The second-order valence-electron chi connectivity index (χ2n) is 2.72. The van der Waals surface area contributed by atoms with Crippen LogP contribution in [0.1, 0.15) is 10.4 Å². The number of carbonyl (C=O) groups is 1. The van der Waals surface area contributed by atoms with Crippen LogP contribution >= 0.6 is 12.6 Å². The number of esters is 1. The van der Waals surface area contributed by atoms with Gasteiger partial charge in [0.25, 0.3) is 0 Å². The molecule has 1 rings (SSSR count).